The van der Waals surface area contributed by atoms with Crippen LogP contribution in [0, 0.1) is 11.7 Å². The highest BCUT2D eigenvalue weighted by atomic mass is 32.3. The molecule has 9 heteroatoms. The second-order valence-electron chi connectivity index (χ2n) is 6.99. The predicted octanol–water partition coefficient (Wildman–Crippen LogP) is 3.22. The number of nitrogens with zero attached hydrogens (tertiary/aromatic N) is 3. The summed E-state index contributed by atoms with van der Waals surface area (Å²) in [6.07, 6.45) is 6.16. The van der Waals surface area contributed by atoms with Crippen molar-refractivity contribution in [2.24, 2.45) is 5.92 Å². The molecular weight excluding hydrogens is 407 g/mol. The Morgan fingerprint density at radius 1 is 1.10 bits per heavy atom. The quantitative estimate of drug-likeness (QED) is 0.632. The van der Waals surface area contributed by atoms with Gasteiger partial charge in [0.25, 0.3) is 0 Å². The van der Waals surface area contributed by atoms with E-state index in [0.717, 1.165) is 0 Å². The molecule has 0 radical (unpaired) electrons. The lowest BCUT2D eigenvalue weighted by atomic mass is 9.99. The lowest BCUT2D eigenvalue weighted by Crippen LogP contribution is -2.37. The molecule has 1 aliphatic rings. The fraction of sp³-hybridized carbons (Fsp3) is 0.190. The minimum absolute atomic E-state index is 0.00532. The fourth-order valence-corrected chi connectivity index (χ4v) is 5.20. The molecule has 4 rings (SSSR count). The van der Waals surface area contributed by atoms with Crippen LogP contribution in [0.2, 0.25) is 0 Å². The molecule has 1 aromatic carbocycles. The molecule has 1 saturated heterocycles. The van der Waals surface area contributed by atoms with Crippen LogP contribution in [0.25, 0.3) is 0 Å². The van der Waals surface area contributed by atoms with Crippen LogP contribution in [0.3, 0.4) is 0 Å². The van der Waals surface area contributed by atoms with Gasteiger partial charge in [-0.25, -0.2) is 4.39 Å². The molecule has 7 nitrogen and oxygen atoms in total. The molecule has 3 heterocycles. The van der Waals surface area contributed by atoms with Crippen LogP contribution in [0.5, 0.6) is 0 Å². The maximum Gasteiger partial charge on any atom is 0.229 e. The molecule has 1 unspecified atom stereocenters. The van der Waals surface area contributed by atoms with Gasteiger partial charge in [-0.15, -0.1) is 4.31 Å². The first-order valence-corrected chi connectivity index (χ1v) is 10.8. The van der Waals surface area contributed by atoms with Gasteiger partial charge in [0.05, 0.1) is 36.6 Å². The topological polar surface area (TPSA) is 98.2 Å². The second kappa shape index (κ2) is 8.39. The van der Waals surface area contributed by atoms with Crippen LogP contribution < -0.4 is 5.32 Å². The van der Waals surface area contributed by atoms with Gasteiger partial charge in [0.15, 0.2) is 15.3 Å². The summed E-state index contributed by atoms with van der Waals surface area (Å²) in [7, 11) is -3.90. The highest BCUT2D eigenvalue weighted by Gasteiger charge is 2.47. The number of aromatic nitrogens is 2. The Morgan fingerprint density at radius 3 is 2.43 bits per heavy atom. The zero-order chi connectivity index (χ0) is 21.1. The molecule has 1 amide bonds. The zero-order valence-electron chi connectivity index (χ0n) is 15.8. The molecule has 154 valence electrons. The fourth-order valence-electron chi connectivity index (χ4n) is 3.57. The first kappa shape index (κ1) is 20.3. The van der Waals surface area contributed by atoms with Crippen molar-refractivity contribution in [1.82, 2.24) is 14.3 Å². The second-order valence-corrected chi connectivity index (χ2v) is 8.88. The van der Waals surface area contributed by atoms with Gasteiger partial charge < -0.3 is 9.87 Å². The molecule has 0 saturated carbocycles. The zero-order valence-corrected chi connectivity index (χ0v) is 16.7. The Kier molecular flexibility index (Phi) is 5.67. The molecule has 1 N–H and O–H groups in total. The summed E-state index contributed by atoms with van der Waals surface area (Å²) in [5.41, 5.74) is 1.16. The number of halogens is 1. The Labute approximate surface area is 174 Å². The Morgan fingerprint density at radius 2 is 1.80 bits per heavy atom. The first-order chi connectivity index (χ1) is 14.4. The van der Waals surface area contributed by atoms with Crippen molar-refractivity contribution >= 4 is 22.0 Å². The Bertz CT molecular complexity index is 1070. The van der Waals surface area contributed by atoms with E-state index < -0.39 is 28.2 Å². The van der Waals surface area contributed by atoms with Gasteiger partial charge in [-0.05, 0) is 48.4 Å². The van der Waals surface area contributed by atoms with Gasteiger partial charge in [-0.1, -0.05) is 16.3 Å². The maximum atomic E-state index is 13.4. The van der Waals surface area contributed by atoms with Crippen LogP contribution >= 0.6 is 0 Å². The molecule has 0 spiro atoms. The number of hydrogen-bond acceptors (Lipinski definition) is 5. The van der Waals surface area contributed by atoms with E-state index in [4.69, 9.17) is 0 Å². The standard InChI is InChI=1S/C21H19FN4O3S/c22-17-7-5-15(6-8-17)20-11-16(21(27)25-18-3-1-9-23-12-18)14-26(20)30(28,29)19-4-2-10-24-13-19/h1-10,12-13,16,20H,11,14H2,(H-,25,27,28,29)/t16-,20+/m1/s1. The van der Waals surface area contributed by atoms with Crippen LogP contribution in [0.4, 0.5) is 10.1 Å². The van der Waals surface area contributed by atoms with Crippen LogP contribution in [0.15, 0.2) is 78.2 Å². The molecule has 0 bridgehead atoms. The lowest BCUT2D eigenvalue weighted by molar-refractivity contribution is -0.119. The number of carbonyl (C=O) groups excluding carboxylic acids is 1. The number of amides is 1. The number of rotatable bonds is 5. The molecule has 1 aliphatic heterocycles. The molecule has 2 aromatic heterocycles. The van der Waals surface area contributed by atoms with E-state index in [2.05, 4.69) is 15.3 Å². The van der Waals surface area contributed by atoms with Crippen molar-refractivity contribution in [3.05, 3.63) is 84.7 Å². The van der Waals surface area contributed by atoms with E-state index in [1.807, 2.05) is 0 Å². The average Bonchev–Trinajstić information content (AvgIpc) is 3.22. The number of carbonyl (C=O) groups is 1. The van der Waals surface area contributed by atoms with Gasteiger partial charge in [-0.2, -0.15) is 0 Å². The van der Waals surface area contributed by atoms with Crippen LogP contribution in [0.1, 0.15) is 18.0 Å². The maximum absolute atomic E-state index is 13.4. The highest BCUT2D eigenvalue weighted by molar-refractivity contribution is 7.95. The van der Waals surface area contributed by atoms with E-state index >= 15 is 0 Å². The van der Waals surface area contributed by atoms with E-state index in [-0.39, 0.29) is 23.8 Å². The number of sulfonamides is 1. The number of pyridine rings is 2. The van der Waals surface area contributed by atoms with Gasteiger partial charge in [0, 0.05) is 12.4 Å². The van der Waals surface area contributed by atoms with Crippen molar-refractivity contribution in [2.45, 2.75) is 17.4 Å². The molecule has 3 aromatic rings. The van der Waals surface area contributed by atoms with E-state index in [1.165, 1.54) is 41.1 Å². The largest absolute Gasteiger partial charge is 0.593 e. The minimum atomic E-state index is -3.90. The third-order valence-electron chi connectivity index (χ3n) is 5.05. The van der Waals surface area contributed by atoms with Crippen molar-refractivity contribution < 1.29 is 17.9 Å². The van der Waals surface area contributed by atoms with Crippen LogP contribution in [-0.4, -0.2) is 31.3 Å². The van der Waals surface area contributed by atoms with Gasteiger partial charge in [0.1, 0.15) is 5.82 Å². The summed E-state index contributed by atoms with van der Waals surface area (Å²) in [5, 5.41) is 2.78. The van der Waals surface area contributed by atoms with E-state index in [9.17, 15) is 17.9 Å². The monoisotopic (exact) mass is 426 g/mol. The summed E-state index contributed by atoms with van der Waals surface area (Å²) in [5.74, 6) is -1.28. The van der Waals surface area contributed by atoms with E-state index in [0.29, 0.717) is 11.3 Å². The third-order valence-corrected chi connectivity index (χ3v) is 6.91. The normalized spacial score (nSPS) is 21.1. The first-order valence-electron chi connectivity index (χ1n) is 9.33. The third kappa shape index (κ3) is 4.13. The number of benzene rings is 1. The SMILES string of the molecule is O=C(Nc1cccnc1)[C@@H]1C[C@@H](c2ccc(F)cc2)N([S+](=O)([O-])c2cccnc2)C1. The summed E-state index contributed by atoms with van der Waals surface area (Å²) < 4.78 is 41.3. The van der Waals surface area contributed by atoms with Crippen LogP contribution in [-0.2, 0) is 19.4 Å². The van der Waals surface area contributed by atoms with Crippen molar-refractivity contribution in [3.63, 3.8) is 0 Å². The number of hydrogen-bond donors (Lipinski definition) is 1. The van der Waals surface area contributed by atoms with Gasteiger partial charge in [-0.3, -0.25) is 14.8 Å². The summed E-state index contributed by atoms with van der Waals surface area (Å²) in [6, 6.07) is 11.5. The lowest BCUT2D eigenvalue weighted by Gasteiger charge is -2.28. The molecule has 1 fully saturated rings. The smallest absolute Gasteiger partial charge is 0.229 e. The minimum Gasteiger partial charge on any atom is -0.593 e. The summed E-state index contributed by atoms with van der Waals surface area (Å²) >= 11 is 0. The van der Waals surface area contributed by atoms with Crippen molar-refractivity contribution in [3.8, 4) is 0 Å². The van der Waals surface area contributed by atoms with Gasteiger partial charge in [0.2, 0.25) is 5.91 Å². The summed E-state index contributed by atoms with van der Waals surface area (Å²) in [6.45, 7) is 0.00532. The average molecular weight is 426 g/mol. The van der Waals surface area contributed by atoms with E-state index in [1.54, 1.807) is 36.5 Å². The number of nitrogens with one attached hydrogen (secondary N) is 1. The number of anilines is 1. The molecule has 30 heavy (non-hydrogen) atoms. The Balaban J connectivity index is 1.64. The van der Waals surface area contributed by atoms with Gasteiger partial charge >= 0.3 is 0 Å². The molecule has 3 atom stereocenters. The molecule has 0 aliphatic carbocycles. The predicted molar refractivity (Wildman–Crippen MR) is 108 cm³/mol. The van der Waals surface area contributed by atoms with Crippen molar-refractivity contribution in [2.75, 3.05) is 11.9 Å². The Hall–Kier alpha value is -3.01. The highest BCUT2D eigenvalue weighted by Crippen LogP contribution is 2.41. The molecular formula is C21H19FN4O3S. The van der Waals surface area contributed by atoms with Crippen molar-refractivity contribution in [1.29, 1.82) is 0 Å². The summed E-state index contributed by atoms with van der Waals surface area (Å²) in [4.78, 5) is 20.7.